The lowest BCUT2D eigenvalue weighted by molar-refractivity contribution is -0.137. The molecule has 3 aromatic carbocycles. The Kier molecular flexibility index (Phi) is 10.8. The quantitative estimate of drug-likeness (QED) is 0.135. The van der Waals surface area contributed by atoms with Crippen LogP contribution in [0.4, 0.5) is 33.7 Å². The van der Waals surface area contributed by atoms with Gasteiger partial charge in [-0.25, -0.2) is 9.18 Å². The van der Waals surface area contributed by atoms with Gasteiger partial charge in [0.25, 0.3) is 0 Å². The predicted octanol–water partition coefficient (Wildman–Crippen LogP) is 6.81. The maximum atomic E-state index is 15.5. The molecule has 1 aliphatic heterocycles. The molecule has 3 aromatic rings. The van der Waals surface area contributed by atoms with Gasteiger partial charge in [0.15, 0.2) is 0 Å². The topological polar surface area (TPSA) is 141 Å². The zero-order valence-corrected chi connectivity index (χ0v) is 28.6. The van der Waals surface area contributed by atoms with Gasteiger partial charge < -0.3 is 25.2 Å². The van der Waals surface area contributed by atoms with E-state index in [4.69, 9.17) is 0 Å². The predicted molar refractivity (Wildman–Crippen MR) is 182 cm³/mol. The van der Waals surface area contributed by atoms with Gasteiger partial charge >= 0.3 is 12.2 Å². The van der Waals surface area contributed by atoms with Gasteiger partial charge in [0, 0.05) is 30.0 Å². The van der Waals surface area contributed by atoms with Gasteiger partial charge in [-0.2, -0.15) is 18.4 Å². The van der Waals surface area contributed by atoms with E-state index in [1.54, 1.807) is 24.3 Å². The van der Waals surface area contributed by atoms with Crippen LogP contribution in [0.25, 0.3) is 0 Å². The first kappa shape index (κ1) is 37.1. The van der Waals surface area contributed by atoms with Crippen LogP contribution in [0.15, 0.2) is 66.7 Å². The number of likely N-dealkylation sites (tertiary alicyclic amines) is 1. The molecule has 0 bridgehead atoms. The van der Waals surface area contributed by atoms with E-state index in [-0.39, 0.29) is 24.3 Å². The van der Waals surface area contributed by atoms with E-state index in [0.717, 1.165) is 48.4 Å². The second kappa shape index (κ2) is 14.6. The van der Waals surface area contributed by atoms with Crippen LogP contribution in [0.3, 0.4) is 0 Å². The number of carbonyl (C=O) groups is 2. The third kappa shape index (κ3) is 8.58. The van der Waals surface area contributed by atoms with Crippen LogP contribution < -0.4 is 15.4 Å². The average molecular weight is 714 g/mol. The number of rotatable bonds is 10. The average Bonchev–Trinajstić information content (AvgIpc) is 3.81. The zero-order chi connectivity index (χ0) is 36.4. The minimum Gasteiger partial charge on any atom is -0.598 e. The number of carbonyl (C=O) groups excluding carboxylic acids is 2. The van der Waals surface area contributed by atoms with Crippen molar-refractivity contribution in [2.75, 3.05) is 17.2 Å². The fourth-order valence-electron chi connectivity index (χ4n) is 5.94. The molecule has 0 aromatic heterocycles. The fraction of sp³-hybridized carbons (Fsp3) is 0.417. The Balaban J connectivity index is 1.45. The van der Waals surface area contributed by atoms with Crippen molar-refractivity contribution in [3.05, 3.63) is 94.8 Å². The molecule has 9 nitrogen and oxygen atoms in total. The number of alkyl halides is 3. The summed E-state index contributed by atoms with van der Waals surface area (Å²) in [5.41, 5.74) is -0.708. The molecule has 1 heterocycles. The number of nitrogens with zero attached hydrogens (tertiary/aromatic N) is 2. The summed E-state index contributed by atoms with van der Waals surface area (Å²) < 4.78 is 70.8. The highest BCUT2D eigenvalue weighted by Crippen LogP contribution is 2.43. The molecule has 1 unspecified atom stereocenters. The number of nitriles is 1. The Bertz CT molecular complexity index is 1760. The Morgan fingerprint density at radius 3 is 2.28 bits per heavy atom. The van der Waals surface area contributed by atoms with Crippen molar-refractivity contribution in [2.45, 2.75) is 81.5 Å². The number of amides is 3. The first-order valence-corrected chi connectivity index (χ1v) is 17.4. The molecule has 2 aliphatic rings. The highest BCUT2D eigenvalue weighted by atomic mass is 32.2. The number of nitrogens with one attached hydrogen (secondary N) is 3. The van der Waals surface area contributed by atoms with Crippen LogP contribution in [0.1, 0.15) is 75.1 Å². The van der Waals surface area contributed by atoms with Crippen molar-refractivity contribution in [2.24, 2.45) is 5.92 Å². The molecular formula is C36H39F4N5O4S. The second-order valence-corrected chi connectivity index (χ2v) is 15.8. The summed E-state index contributed by atoms with van der Waals surface area (Å²) in [7, 11) is 0. The minimum atomic E-state index is -4.56. The number of aliphatic hydroxyl groups is 1. The molecular weight excluding hydrogens is 674 g/mol. The Labute approximate surface area is 291 Å². The van der Waals surface area contributed by atoms with Crippen LogP contribution in [-0.2, 0) is 27.9 Å². The third-order valence-electron chi connectivity index (χ3n) is 8.96. The highest BCUT2D eigenvalue weighted by molar-refractivity contribution is 7.90. The van der Waals surface area contributed by atoms with Crippen LogP contribution in [0.5, 0.6) is 0 Å². The van der Waals surface area contributed by atoms with Gasteiger partial charge in [0.2, 0.25) is 5.91 Å². The standard InChI is InChI=1S/C36H39F4N5O4S/c1-34(2,3)50(49)44-35(16-15-22-7-8-22,25-6-4-5-23(17-25)20-41)26-11-14-29(37)30(18-26)43-32(47)31-19-28(46)21-45(31)33(48)42-27-12-9-24(10-13-27)36(38,39)40/h4-6,9-14,17-18,22,28,31,44,46H,7-8,15-16,19,21H2,1-3H3,(H,42,48)(H,43,47)/t28-,31-,35?,50-/m1/s1. The molecule has 4 atom stereocenters. The van der Waals surface area contributed by atoms with Crippen molar-refractivity contribution in [1.82, 2.24) is 9.62 Å². The first-order valence-electron chi connectivity index (χ1n) is 16.2. The van der Waals surface area contributed by atoms with Crippen LogP contribution in [0, 0.1) is 23.1 Å². The molecule has 1 saturated carbocycles. The van der Waals surface area contributed by atoms with E-state index >= 15 is 4.39 Å². The first-order chi connectivity index (χ1) is 23.5. The van der Waals surface area contributed by atoms with Gasteiger partial charge in [-0.15, -0.1) is 4.72 Å². The smallest absolute Gasteiger partial charge is 0.416 e. The van der Waals surface area contributed by atoms with Crippen molar-refractivity contribution in [1.29, 1.82) is 5.26 Å². The van der Waals surface area contributed by atoms with E-state index in [1.807, 2.05) is 26.8 Å². The van der Waals surface area contributed by atoms with Crippen molar-refractivity contribution >= 4 is 34.7 Å². The molecule has 3 amide bonds. The van der Waals surface area contributed by atoms with E-state index in [1.165, 1.54) is 12.1 Å². The molecule has 1 aliphatic carbocycles. The largest absolute Gasteiger partial charge is 0.598 e. The zero-order valence-electron chi connectivity index (χ0n) is 27.8. The number of β-amino-alcohol motifs (C(OH)–C–C–N with tert-alkyl or cyclic N) is 1. The van der Waals surface area contributed by atoms with Crippen molar-refractivity contribution < 1.29 is 36.8 Å². The number of halogens is 4. The van der Waals surface area contributed by atoms with E-state index in [2.05, 4.69) is 21.4 Å². The molecule has 5 rings (SSSR count). The Morgan fingerprint density at radius 1 is 1.00 bits per heavy atom. The molecule has 50 heavy (non-hydrogen) atoms. The summed E-state index contributed by atoms with van der Waals surface area (Å²) in [5, 5.41) is 25.1. The lowest BCUT2D eigenvalue weighted by Gasteiger charge is -2.39. The Morgan fingerprint density at radius 2 is 1.66 bits per heavy atom. The van der Waals surface area contributed by atoms with Crippen LogP contribution in [0.2, 0.25) is 0 Å². The summed E-state index contributed by atoms with van der Waals surface area (Å²) in [4.78, 5) is 27.8. The van der Waals surface area contributed by atoms with Gasteiger partial charge in [0.05, 0.1) is 29.0 Å². The highest BCUT2D eigenvalue weighted by Gasteiger charge is 2.44. The maximum absolute atomic E-state index is 15.5. The van der Waals surface area contributed by atoms with Gasteiger partial charge in [-0.05, 0) is 99.2 Å². The fourth-order valence-corrected chi connectivity index (χ4v) is 6.90. The molecule has 0 radical (unpaired) electrons. The molecule has 0 spiro atoms. The van der Waals surface area contributed by atoms with Crippen LogP contribution >= 0.6 is 0 Å². The number of urea groups is 1. The summed E-state index contributed by atoms with van der Waals surface area (Å²) in [6.07, 6.45) is -2.48. The maximum Gasteiger partial charge on any atom is 0.416 e. The van der Waals surface area contributed by atoms with Gasteiger partial charge in [-0.1, -0.05) is 31.0 Å². The number of hydrogen-bond acceptors (Lipinski definition) is 6. The number of hydrogen-bond donors (Lipinski definition) is 4. The monoisotopic (exact) mass is 713 g/mol. The summed E-state index contributed by atoms with van der Waals surface area (Å²) in [5.74, 6) is -1.10. The lowest BCUT2D eigenvalue weighted by atomic mass is 9.79. The van der Waals surface area contributed by atoms with Crippen molar-refractivity contribution in [3.63, 3.8) is 0 Å². The molecule has 2 fully saturated rings. The van der Waals surface area contributed by atoms with E-state index in [9.17, 15) is 37.7 Å². The molecule has 4 N–H and O–H groups in total. The molecule has 266 valence electrons. The minimum absolute atomic E-state index is 0.0467. The third-order valence-corrected chi connectivity index (χ3v) is 10.6. The second-order valence-electron chi connectivity index (χ2n) is 13.8. The lowest BCUT2D eigenvalue weighted by Crippen LogP contribution is -2.52. The summed E-state index contributed by atoms with van der Waals surface area (Å²) in [6.45, 7) is 5.22. The van der Waals surface area contributed by atoms with Gasteiger partial charge in [0.1, 0.15) is 22.1 Å². The van der Waals surface area contributed by atoms with Crippen LogP contribution in [-0.4, -0.2) is 49.9 Å². The Hall–Kier alpha value is -4.16. The summed E-state index contributed by atoms with van der Waals surface area (Å²) >= 11 is -1.62. The molecule has 1 saturated heterocycles. The number of anilines is 2. The molecule has 14 heteroatoms. The SMILES string of the molecule is CC(C)(C)[S@@+]([O-])NC(CCC1CC1)(c1cccc(C#N)c1)c1ccc(F)c(NC(=O)[C@H]2C[C@@H](O)CN2C(=O)Nc2ccc(C(F)(F)F)cc2)c1. The normalized spacial score (nSPS) is 19.7. The van der Waals surface area contributed by atoms with Gasteiger partial charge in [-0.3, -0.25) is 4.79 Å². The van der Waals surface area contributed by atoms with Crippen molar-refractivity contribution in [3.8, 4) is 6.07 Å². The van der Waals surface area contributed by atoms with E-state index < -0.39 is 63.3 Å². The van der Waals surface area contributed by atoms with E-state index in [0.29, 0.717) is 29.0 Å². The number of benzene rings is 3. The number of aliphatic hydroxyl groups excluding tert-OH is 1. The summed E-state index contributed by atoms with van der Waals surface area (Å²) in [6, 6.07) is 14.9.